The maximum absolute atomic E-state index is 5.59. The Bertz CT molecular complexity index is 442. The molecule has 2 rings (SSSR count). The van der Waals surface area contributed by atoms with Gasteiger partial charge in [0.2, 0.25) is 0 Å². The van der Waals surface area contributed by atoms with E-state index < -0.39 is 0 Å². The summed E-state index contributed by atoms with van der Waals surface area (Å²) in [5, 5.41) is 3.39. The number of benzene rings is 1. The second-order valence-electron chi connectivity index (χ2n) is 5.17. The summed E-state index contributed by atoms with van der Waals surface area (Å²) in [6.45, 7) is 9.88. The molecule has 106 valence electrons. The summed E-state index contributed by atoms with van der Waals surface area (Å²) < 4.78 is 6.75. The molecule has 1 heterocycles. The highest BCUT2D eigenvalue weighted by Crippen LogP contribution is 2.33. The summed E-state index contributed by atoms with van der Waals surface area (Å²) >= 11 is 3.63. The molecule has 0 spiro atoms. The van der Waals surface area contributed by atoms with E-state index in [1.807, 2.05) is 0 Å². The summed E-state index contributed by atoms with van der Waals surface area (Å²) in [6.07, 6.45) is 1.05. The Morgan fingerprint density at radius 1 is 1.32 bits per heavy atom. The Balaban J connectivity index is 2.10. The van der Waals surface area contributed by atoms with Crippen LogP contribution in [0.15, 0.2) is 10.5 Å². The molecule has 1 aromatic carbocycles. The van der Waals surface area contributed by atoms with Gasteiger partial charge in [-0.25, -0.2) is 0 Å². The third-order valence-corrected chi connectivity index (χ3v) is 5.03. The van der Waals surface area contributed by atoms with Crippen LogP contribution in [0.25, 0.3) is 0 Å². The first kappa shape index (κ1) is 14.8. The van der Waals surface area contributed by atoms with Gasteiger partial charge in [0.15, 0.2) is 0 Å². The lowest BCUT2D eigenvalue weighted by Gasteiger charge is -2.27. The monoisotopic (exact) mass is 326 g/mol. The lowest BCUT2D eigenvalue weighted by atomic mass is 10.0. The van der Waals surface area contributed by atoms with Gasteiger partial charge in [-0.2, -0.15) is 0 Å². The number of piperazine rings is 1. The second kappa shape index (κ2) is 6.73. The fourth-order valence-corrected chi connectivity index (χ4v) is 3.00. The Labute approximate surface area is 124 Å². The molecule has 0 aliphatic carbocycles. The molecule has 1 aliphatic rings. The third-order valence-electron chi connectivity index (χ3n) is 3.81. The number of rotatable bonds is 4. The van der Waals surface area contributed by atoms with Crippen molar-refractivity contribution in [2.24, 2.45) is 0 Å². The zero-order valence-corrected chi connectivity index (χ0v) is 13.6. The Morgan fingerprint density at radius 3 is 2.63 bits per heavy atom. The quantitative estimate of drug-likeness (QED) is 0.920. The Hall–Kier alpha value is -0.580. The molecule has 0 atom stereocenters. The standard InChI is InChI=1S/C15H23BrN2O/c1-11-10-13(15(19-3)12(2)14(11)16)4-7-18-8-5-17-6-9-18/h10,17H,4-9H2,1-3H3. The van der Waals surface area contributed by atoms with Crippen molar-refractivity contribution in [3.63, 3.8) is 0 Å². The van der Waals surface area contributed by atoms with E-state index in [-0.39, 0.29) is 0 Å². The largest absolute Gasteiger partial charge is 0.496 e. The average Bonchev–Trinajstić information content (AvgIpc) is 2.44. The van der Waals surface area contributed by atoms with E-state index in [9.17, 15) is 0 Å². The summed E-state index contributed by atoms with van der Waals surface area (Å²) in [5.41, 5.74) is 3.81. The van der Waals surface area contributed by atoms with Crippen LogP contribution in [0.4, 0.5) is 0 Å². The van der Waals surface area contributed by atoms with E-state index in [1.165, 1.54) is 16.7 Å². The summed E-state index contributed by atoms with van der Waals surface area (Å²) in [6, 6.07) is 2.25. The van der Waals surface area contributed by atoms with Crippen molar-refractivity contribution in [1.82, 2.24) is 10.2 Å². The molecule has 1 fully saturated rings. The SMILES string of the molecule is COc1c(CCN2CCNCC2)cc(C)c(Br)c1C. The number of ether oxygens (including phenoxy) is 1. The van der Waals surface area contributed by atoms with E-state index in [0.717, 1.165) is 49.4 Å². The minimum absolute atomic E-state index is 1.03. The highest BCUT2D eigenvalue weighted by molar-refractivity contribution is 9.10. The van der Waals surface area contributed by atoms with Crippen LogP contribution in [0.1, 0.15) is 16.7 Å². The summed E-state index contributed by atoms with van der Waals surface area (Å²) in [4.78, 5) is 2.52. The van der Waals surface area contributed by atoms with Crippen molar-refractivity contribution in [2.45, 2.75) is 20.3 Å². The maximum Gasteiger partial charge on any atom is 0.126 e. The zero-order chi connectivity index (χ0) is 13.8. The van der Waals surface area contributed by atoms with Crippen LogP contribution in [0.3, 0.4) is 0 Å². The average molecular weight is 327 g/mol. The van der Waals surface area contributed by atoms with Crippen molar-refractivity contribution in [1.29, 1.82) is 0 Å². The number of hydrogen-bond acceptors (Lipinski definition) is 3. The first-order chi connectivity index (χ1) is 9.13. The molecule has 0 radical (unpaired) electrons. The van der Waals surface area contributed by atoms with Gasteiger partial charge in [0.05, 0.1) is 7.11 Å². The van der Waals surface area contributed by atoms with Crippen molar-refractivity contribution >= 4 is 15.9 Å². The van der Waals surface area contributed by atoms with Gasteiger partial charge in [-0.3, -0.25) is 0 Å². The fraction of sp³-hybridized carbons (Fsp3) is 0.600. The first-order valence-corrected chi connectivity index (χ1v) is 7.68. The van der Waals surface area contributed by atoms with Crippen LogP contribution in [0.2, 0.25) is 0 Å². The summed E-state index contributed by atoms with van der Waals surface area (Å²) in [7, 11) is 1.76. The molecule has 0 unspecified atom stereocenters. The van der Waals surface area contributed by atoms with Gasteiger partial charge < -0.3 is 15.0 Å². The fourth-order valence-electron chi connectivity index (χ4n) is 2.71. The molecule has 0 bridgehead atoms. The van der Waals surface area contributed by atoms with Gasteiger partial charge in [-0.1, -0.05) is 22.0 Å². The predicted octanol–water partition coefficient (Wildman–Crippen LogP) is 2.52. The van der Waals surface area contributed by atoms with Crippen LogP contribution >= 0.6 is 15.9 Å². The number of halogens is 1. The van der Waals surface area contributed by atoms with Crippen LogP contribution in [0.5, 0.6) is 5.75 Å². The molecule has 4 heteroatoms. The van der Waals surface area contributed by atoms with Gasteiger partial charge in [0.1, 0.15) is 5.75 Å². The molecular weight excluding hydrogens is 304 g/mol. The Kier molecular flexibility index (Phi) is 5.25. The topological polar surface area (TPSA) is 24.5 Å². The van der Waals surface area contributed by atoms with Crippen LogP contribution < -0.4 is 10.1 Å². The van der Waals surface area contributed by atoms with Gasteiger partial charge in [0, 0.05) is 42.8 Å². The van der Waals surface area contributed by atoms with E-state index in [1.54, 1.807) is 7.11 Å². The third kappa shape index (κ3) is 3.50. The second-order valence-corrected chi connectivity index (χ2v) is 5.96. The number of methoxy groups -OCH3 is 1. The Morgan fingerprint density at radius 2 is 2.00 bits per heavy atom. The van der Waals surface area contributed by atoms with Gasteiger partial charge >= 0.3 is 0 Å². The number of aryl methyl sites for hydroxylation is 1. The van der Waals surface area contributed by atoms with Crippen LogP contribution in [-0.2, 0) is 6.42 Å². The molecule has 3 nitrogen and oxygen atoms in total. The lowest BCUT2D eigenvalue weighted by Crippen LogP contribution is -2.44. The minimum Gasteiger partial charge on any atom is -0.496 e. The van der Waals surface area contributed by atoms with Gasteiger partial charge in [-0.05, 0) is 31.4 Å². The molecule has 1 saturated heterocycles. The van der Waals surface area contributed by atoms with Crippen molar-refractivity contribution in [3.05, 3.63) is 27.2 Å². The smallest absolute Gasteiger partial charge is 0.126 e. The van der Waals surface area contributed by atoms with Crippen molar-refractivity contribution in [2.75, 3.05) is 39.8 Å². The number of nitrogens with zero attached hydrogens (tertiary/aromatic N) is 1. The predicted molar refractivity (Wildman–Crippen MR) is 83.2 cm³/mol. The summed E-state index contributed by atoms with van der Waals surface area (Å²) in [5.74, 6) is 1.03. The lowest BCUT2D eigenvalue weighted by molar-refractivity contribution is 0.243. The highest BCUT2D eigenvalue weighted by Gasteiger charge is 2.14. The molecule has 0 aromatic heterocycles. The number of hydrogen-bond donors (Lipinski definition) is 1. The van der Waals surface area contributed by atoms with Crippen LogP contribution in [-0.4, -0.2) is 44.7 Å². The first-order valence-electron chi connectivity index (χ1n) is 6.89. The van der Waals surface area contributed by atoms with Crippen molar-refractivity contribution in [3.8, 4) is 5.75 Å². The van der Waals surface area contributed by atoms with Crippen LogP contribution in [0, 0.1) is 13.8 Å². The minimum atomic E-state index is 1.03. The van der Waals surface area contributed by atoms with E-state index >= 15 is 0 Å². The zero-order valence-electron chi connectivity index (χ0n) is 12.1. The van der Waals surface area contributed by atoms with Crippen molar-refractivity contribution < 1.29 is 4.74 Å². The highest BCUT2D eigenvalue weighted by atomic mass is 79.9. The normalized spacial score (nSPS) is 16.6. The molecule has 1 N–H and O–H groups in total. The molecule has 1 aromatic rings. The number of nitrogens with one attached hydrogen (secondary N) is 1. The molecule has 0 saturated carbocycles. The van der Waals surface area contributed by atoms with E-state index in [2.05, 4.69) is 46.1 Å². The molecule has 0 amide bonds. The maximum atomic E-state index is 5.59. The molecular formula is C15H23BrN2O. The van der Waals surface area contributed by atoms with E-state index in [0.29, 0.717) is 0 Å². The van der Waals surface area contributed by atoms with Gasteiger partial charge in [0.25, 0.3) is 0 Å². The van der Waals surface area contributed by atoms with Gasteiger partial charge in [-0.15, -0.1) is 0 Å². The van der Waals surface area contributed by atoms with E-state index in [4.69, 9.17) is 4.74 Å². The molecule has 1 aliphatic heterocycles. The molecule has 19 heavy (non-hydrogen) atoms.